The van der Waals surface area contributed by atoms with Crippen molar-refractivity contribution in [1.82, 2.24) is 4.98 Å². The maximum absolute atomic E-state index is 11.5. The summed E-state index contributed by atoms with van der Waals surface area (Å²) < 4.78 is 5.18. The van der Waals surface area contributed by atoms with E-state index in [0.29, 0.717) is 22.1 Å². The van der Waals surface area contributed by atoms with Gasteiger partial charge in [-0.1, -0.05) is 6.92 Å². The van der Waals surface area contributed by atoms with E-state index in [9.17, 15) is 9.59 Å². The molecule has 1 amide bonds. The van der Waals surface area contributed by atoms with Crippen LogP contribution in [0.15, 0.2) is 18.2 Å². The lowest BCUT2D eigenvalue weighted by Gasteiger charge is -2.07. The van der Waals surface area contributed by atoms with Crippen LogP contribution in [0, 0.1) is 6.92 Å². The second-order valence-corrected chi connectivity index (χ2v) is 6.03. The summed E-state index contributed by atoms with van der Waals surface area (Å²) >= 11 is 1.19. The van der Waals surface area contributed by atoms with Crippen LogP contribution in [0.25, 0.3) is 11.3 Å². The van der Waals surface area contributed by atoms with E-state index in [-0.39, 0.29) is 12.3 Å². The predicted molar refractivity (Wildman–Crippen MR) is 89.1 cm³/mol. The van der Waals surface area contributed by atoms with E-state index in [0.717, 1.165) is 16.9 Å². The van der Waals surface area contributed by atoms with E-state index in [2.05, 4.69) is 10.3 Å². The normalized spacial score (nSPS) is 10.4. The van der Waals surface area contributed by atoms with Gasteiger partial charge in [0.15, 0.2) is 5.13 Å². The van der Waals surface area contributed by atoms with Crippen LogP contribution in [-0.2, 0) is 16.0 Å². The summed E-state index contributed by atoms with van der Waals surface area (Å²) in [7, 11) is 1.59. The number of aromatic nitrogens is 1. The van der Waals surface area contributed by atoms with Crippen LogP contribution in [0.1, 0.15) is 23.8 Å². The molecule has 0 aliphatic carbocycles. The maximum atomic E-state index is 11.5. The molecule has 0 atom stereocenters. The Morgan fingerprint density at radius 2 is 2.13 bits per heavy atom. The molecule has 0 aliphatic rings. The van der Waals surface area contributed by atoms with Crippen LogP contribution in [0.2, 0.25) is 0 Å². The highest BCUT2D eigenvalue weighted by Crippen LogP contribution is 2.34. The highest BCUT2D eigenvalue weighted by Gasteiger charge is 2.18. The fourth-order valence-corrected chi connectivity index (χ4v) is 3.09. The molecule has 0 aliphatic heterocycles. The van der Waals surface area contributed by atoms with Crippen molar-refractivity contribution in [2.45, 2.75) is 26.7 Å². The van der Waals surface area contributed by atoms with Gasteiger partial charge in [0.1, 0.15) is 5.75 Å². The molecule has 6 nitrogen and oxygen atoms in total. The Bertz CT molecular complexity index is 740. The number of anilines is 1. The first-order valence-electron chi connectivity index (χ1n) is 7.11. The van der Waals surface area contributed by atoms with Crippen molar-refractivity contribution in [3.63, 3.8) is 0 Å². The van der Waals surface area contributed by atoms with Gasteiger partial charge < -0.3 is 15.2 Å². The number of benzene rings is 1. The number of hydrogen-bond donors (Lipinski definition) is 2. The predicted octanol–water partition coefficient (Wildman–Crippen LogP) is 3.10. The number of carbonyl (C=O) groups excluding carboxylic acids is 1. The Kier molecular flexibility index (Phi) is 5.33. The summed E-state index contributed by atoms with van der Waals surface area (Å²) in [5.74, 6) is -0.367. The number of carboxylic acids is 1. The topological polar surface area (TPSA) is 88.5 Å². The SMILES string of the molecule is CCC(=O)Nc1nc(-c2ccc(OC)cc2C)c(CC(=O)O)s1. The number of ether oxygens (including phenoxy) is 1. The molecule has 0 radical (unpaired) electrons. The zero-order valence-electron chi connectivity index (χ0n) is 13.2. The molecule has 122 valence electrons. The molecule has 1 heterocycles. The van der Waals surface area contributed by atoms with E-state index in [4.69, 9.17) is 9.84 Å². The summed E-state index contributed by atoms with van der Waals surface area (Å²) in [6, 6.07) is 5.51. The number of rotatable bonds is 6. The van der Waals surface area contributed by atoms with Crippen LogP contribution < -0.4 is 10.1 Å². The lowest BCUT2D eigenvalue weighted by Crippen LogP contribution is -2.08. The lowest BCUT2D eigenvalue weighted by molar-refractivity contribution is -0.136. The Labute approximate surface area is 138 Å². The van der Waals surface area contributed by atoms with Gasteiger partial charge in [0.05, 0.1) is 19.2 Å². The first-order chi connectivity index (χ1) is 10.9. The van der Waals surface area contributed by atoms with Gasteiger partial charge in [0, 0.05) is 16.9 Å². The second kappa shape index (κ2) is 7.23. The van der Waals surface area contributed by atoms with Crippen LogP contribution in [0.5, 0.6) is 5.75 Å². The summed E-state index contributed by atoms with van der Waals surface area (Å²) in [5, 5.41) is 12.2. The number of methoxy groups -OCH3 is 1. The summed E-state index contributed by atoms with van der Waals surface area (Å²) in [4.78, 5) is 27.7. The number of amides is 1. The molecule has 0 saturated heterocycles. The number of aryl methyl sites for hydroxylation is 1. The molecule has 1 aromatic carbocycles. The molecule has 0 unspecified atom stereocenters. The number of carboxylic acid groups (broad SMARTS) is 1. The van der Waals surface area contributed by atoms with Gasteiger partial charge in [-0.15, -0.1) is 11.3 Å². The first kappa shape index (κ1) is 17.0. The molecule has 0 fully saturated rings. The van der Waals surface area contributed by atoms with Crippen LogP contribution in [0.4, 0.5) is 5.13 Å². The van der Waals surface area contributed by atoms with E-state index in [1.54, 1.807) is 20.1 Å². The average molecular weight is 334 g/mol. The van der Waals surface area contributed by atoms with E-state index < -0.39 is 5.97 Å². The largest absolute Gasteiger partial charge is 0.497 e. The molecule has 0 saturated carbocycles. The van der Waals surface area contributed by atoms with Crippen molar-refractivity contribution in [3.8, 4) is 17.0 Å². The van der Waals surface area contributed by atoms with E-state index in [1.165, 1.54) is 11.3 Å². The molecule has 23 heavy (non-hydrogen) atoms. The summed E-state index contributed by atoms with van der Waals surface area (Å²) in [5.41, 5.74) is 2.34. The Morgan fingerprint density at radius 1 is 1.39 bits per heavy atom. The lowest BCUT2D eigenvalue weighted by atomic mass is 10.0. The van der Waals surface area contributed by atoms with E-state index in [1.807, 2.05) is 19.1 Å². The van der Waals surface area contributed by atoms with Gasteiger partial charge in [0.2, 0.25) is 5.91 Å². The monoisotopic (exact) mass is 334 g/mol. The van der Waals surface area contributed by atoms with Gasteiger partial charge in [-0.25, -0.2) is 4.98 Å². The van der Waals surface area contributed by atoms with Crippen LogP contribution in [0.3, 0.4) is 0 Å². The zero-order valence-corrected chi connectivity index (χ0v) is 14.0. The van der Waals surface area contributed by atoms with Crippen LogP contribution in [-0.4, -0.2) is 29.1 Å². The number of nitrogens with one attached hydrogen (secondary N) is 1. The fraction of sp³-hybridized carbons (Fsp3) is 0.312. The smallest absolute Gasteiger partial charge is 0.308 e. The van der Waals surface area contributed by atoms with Gasteiger partial charge >= 0.3 is 5.97 Å². The van der Waals surface area contributed by atoms with Crippen molar-refractivity contribution >= 4 is 28.3 Å². The minimum atomic E-state index is -0.936. The third kappa shape index (κ3) is 4.07. The number of nitrogens with zero attached hydrogens (tertiary/aromatic N) is 1. The molecule has 2 N–H and O–H groups in total. The van der Waals surface area contributed by atoms with E-state index >= 15 is 0 Å². The van der Waals surface area contributed by atoms with Gasteiger partial charge in [0.25, 0.3) is 0 Å². The number of aliphatic carboxylic acids is 1. The minimum Gasteiger partial charge on any atom is -0.497 e. The highest BCUT2D eigenvalue weighted by molar-refractivity contribution is 7.16. The number of thiazole rings is 1. The molecular formula is C16H18N2O4S. The van der Waals surface area contributed by atoms with Gasteiger partial charge in [-0.3, -0.25) is 9.59 Å². The molecule has 0 bridgehead atoms. The minimum absolute atomic E-state index is 0.138. The summed E-state index contributed by atoms with van der Waals surface area (Å²) in [6.45, 7) is 3.65. The van der Waals surface area contributed by atoms with Crippen molar-refractivity contribution in [2.24, 2.45) is 0 Å². The van der Waals surface area contributed by atoms with Crippen molar-refractivity contribution in [1.29, 1.82) is 0 Å². The first-order valence-corrected chi connectivity index (χ1v) is 7.92. The highest BCUT2D eigenvalue weighted by atomic mass is 32.1. The molecule has 1 aromatic heterocycles. The third-order valence-corrected chi connectivity index (χ3v) is 4.24. The quantitative estimate of drug-likeness (QED) is 0.847. The van der Waals surface area contributed by atoms with Crippen molar-refractivity contribution < 1.29 is 19.4 Å². The van der Waals surface area contributed by atoms with Gasteiger partial charge in [-0.2, -0.15) is 0 Å². The molecule has 0 spiro atoms. The molecule has 2 rings (SSSR count). The zero-order chi connectivity index (χ0) is 17.0. The second-order valence-electron chi connectivity index (χ2n) is 4.94. The molecule has 2 aromatic rings. The van der Waals surface area contributed by atoms with Crippen molar-refractivity contribution in [2.75, 3.05) is 12.4 Å². The van der Waals surface area contributed by atoms with Crippen molar-refractivity contribution in [3.05, 3.63) is 28.6 Å². The molecule has 7 heteroatoms. The third-order valence-electron chi connectivity index (χ3n) is 3.27. The Hall–Kier alpha value is -2.41. The van der Waals surface area contributed by atoms with Gasteiger partial charge in [-0.05, 0) is 30.7 Å². The molecular weight excluding hydrogens is 316 g/mol. The number of carbonyl (C=O) groups is 2. The Balaban J connectivity index is 2.46. The average Bonchev–Trinajstić information content (AvgIpc) is 2.88. The standard InChI is InChI=1S/C16H18N2O4S/c1-4-13(19)17-16-18-15(12(23-16)8-14(20)21)11-6-5-10(22-3)7-9(11)2/h5-7H,4,8H2,1-3H3,(H,20,21)(H,17,18,19). The summed E-state index contributed by atoms with van der Waals surface area (Å²) in [6.07, 6.45) is 0.200. The maximum Gasteiger partial charge on any atom is 0.308 e. The number of hydrogen-bond acceptors (Lipinski definition) is 5. The Morgan fingerprint density at radius 3 is 2.70 bits per heavy atom. The van der Waals surface area contributed by atoms with Crippen LogP contribution >= 0.6 is 11.3 Å². The fourth-order valence-electron chi connectivity index (χ4n) is 2.11.